The van der Waals surface area contributed by atoms with Gasteiger partial charge in [0.2, 0.25) is 0 Å². The molecular formula is C13H19N5O. The fourth-order valence-corrected chi connectivity index (χ4v) is 2.02. The molecule has 0 saturated carbocycles. The van der Waals surface area contributed by atoms with Crippen LogP contribution < -0.4 is 10.1 Å². The van der Waals surface area contributed by atoms with Gasteiger partial charge in [-0.3, -0.25) is 9.67 Å². The van der Waals surface area contributed by atoms with Crippen molar-refractivity contribution in [2.75, 3.05) is 13.7 Å². The lowest BCUT2D eigenvalue weighted by molar-refractivity contribution is 0.400. The smallest absolute Gasteiger partial charge is 0.142 e. The van der Waals surface area contributed by atoms with Crippen molar-refractivity contribution in [3.05, 3.63) is 35.9 Å². The van der Waals surface area contributed by atoms with Gasteiger partial charge in [0.05, 0.1) is 31.2 Å². The maximum atomic E-state index is 5.39. The van der Waals surface area contributed by atoms with Crippen molar-refractivity contribution in [2.45, 2.75) is 19.4 Å². The second-order valence-corrected chi connectivity index (χ2v) is 4.29. The molecule has 0 aromatic carbocycles. The van der Waals surface area contributed by atoms with Gasteiger partial charge in [0.25, 0.3) is 0 Å². The van der Waals surface area contributed by atoms with Gasteiger partial charge in [-0.1, -0.05) is 12.1 Å². The first-order valence-corrected chi connectivity index (χ1v) is 6.33. The summed E-state index contributed by atoms with van der Waals surface area (Å²) in [6.45, 7) is 3.04. The molecule has 0 fully saturated rings. The summed E-state index contributed by atoms with van der Waals surface area (Å²) in [5.41, 5.74) is 2.04. The molecule has 1 atom stereocenters. The third-order valence-electron chi connectivity index (χ3n) is 2.99. The molecule has 0 spiro atoms. The highest BCUT2D eigenvalue weighted by Crippen LogP contribution is 2.28. The lowest BCUT2D eigenvalue weighted by Crippen LogP contribution is -2.25. The topological polar surface area (TPSA) is 64.9 Å². The van der Waals surface area contributed by atoms with E-state index in [4.69, 9.17) is 4.74 Å². The van der Waals surface area contributed by atoms with E-state index >= 15 is 0 Å². The number of ether oxygens (including phenoxy) is 1. The molecule has 2 heterocycles. The predicted octanol–water partition coefficient (Wildman–Crippen LogP) is 1.31. The van der Waals surface area contributed by atoms with E-state index in [0.717, 1.165) is 30.0 Å². The number of hydrogen-bond donors (Lipinski definition) is 1. The molecule has 0 aliphatic carbocycles. The summed E-state index contributed by atoms with van der Waals surface area (Å²) in [7, 11) is 3.54. The van der Waals surface area contributed by atoms with Crippen LogP contribution in [-0.4, -0.2) is 33.6 Å². The minimum absolute atomic E-state index is 0.00194. The number of nitrogens with zero attached hydrogens (tertiary/aromatic N) is 4. The van der Waals surface area contributed by atoms with Gasteiger partial charge < -0.3 is 10.1 Å². The quantitative estimate of drug-likeness (QED) is 0.849. The Labute approximate surface area is 112 Å². The third kappa shape index (κ3) is 2.90. The molecule has 1 unspecified atom stereocenters. The van der Waals surface area contributed by atoms with E-state index in [1.807, 2.05) is 13.1 Å². The van der Waals surface area contributed by atoms with Crippen molar-refractivity contribution >= 4 is 0 Å². The molecule has 0 aliphatic heterocycles. The fraction of sp³-hybridized carbons (Fsp3) is 0.462. The average molecular weight is 261 g/mol. The van der Waals surface area contributed by atoms with Crippen molar-refractivity contribution in [2.24, 2.45) is 7.05 Å². The highest BCUT2D eigenvalue weighted by Gasteiger charge is 2.20. The van der Waals surface area contributed by atoms with Gasteiger partial charge in [-0.15, -0.1) is 5.10 Å². The number of rotatable bonds is 6. The zero-order chi connectivity index (χ0) is 13.7. The van der Waals surface area contributed by atoms with Gasteiger partial charge in [-0.2, -0.15) is 0 Å². The van der Waals surface area contributed by atoms with E-state index in [0.29, 0.717) is 0 Å². The SMILES string of the molecule is CCCNC(c1ccncc1OC)c1cnnn1C. The van der Waals surface area contributed by atoms with E-state index in [1.54, 1.807) is 30.4 Å². The van der Waals surface area contributed by atoms with Gasteiger partial charge in [0, 0.05) is 18.8 Å². The highest BCUT2D eigenvalue weighted by molar-refractivity contribution is 5.37. The van der Waals surface area contributed by atoms with Crippen molar-refractivity contribution in [3.63, 3.8) is 0 Å². The molecule has 0 saturated heterocycles. The highest BCUT2D eigenvalue weighted by atomic mass is 16.5. The molecule has 0 radical (unpaired) electrons. The van der Waals surface area contributed by atoms with Crippen LogP contribution in [0, 0.1) is 0 Å². The van der Waals surface area contributed by atoms with Crippen LogP contribution in [0.4, 0.5) is 0 Å². The van der Waals surface area contributed by atoms with Gasteiger partial charge in [0.15, 0.2) is 0 Å². The minimum atomic E-state index is -0.00194. The zero-order valence-corrected chi connectivity index (χ0v) is 11.5. The molecule has 2 aromatic rings. The number of methoxy groups -OCH3 is 1. The van der Waals surface area contributed by atoms with Crippen LogP contribution in [0.5, 0.6) is 5.75 Å². The molecule has 6 nitrogen and oxygen atoms in total. The number of aromatic nitrogens is 4. The summed E-state index contributed by atoms with van der Waals surface area (Å²) in [5.74, 6) is 0.761. The van der Waals surface area contributed by atoms with Crippen LogP contribution in [-0.2, 0) is 7.05 Å². The Bertz CT molecular complexity index is 525. The van der Waals surface area contributed by atoms with E-state index in [-0.39, 0.29) is 6.04 Å². The summed E-state index contributed by atoms with van der Waals surface area (Å²) >= 11 is 0. The number of aryl methyl sites for hydroxylation is 1. The van der Waals surface area contributed by atoms with Gasteiger partial charge in [-0.25, -0.2) is 0 Å². The largest absolute Gasteiger partial charge is 0.495 e. The zero-order valence-electron chi connectivity index (χ0n) is 11.5. The Morgan fingerprint density at radius 2 is 2.26 bits per heavy atom. The number of pyridine rings is 1. The van der Waals surface area contributed by atoms with E-state index in [1.165, 1.54) is 0 Å². The molecule has 2 aromatic heterocycles. The monoisotopic (exact) mass is 261 g/mol. The van der Waals surface area contributed by atoms with Gasteiger partial charge in [0.1, 0.15) is 5.75 Å². The number of hydrogen-bond acceptors (Lipinski definition) is 5. The molecule has 1 N–H and O–H groups in total. The summed E-state index contributed by atoms with van der Waals surface area (Å²) in [6.07, 6.45) is 6.31. The molecule has 2 rings (SSSR count). The average Bonchev–Trinajstić information content (AvgIpc) is 2.86. The molecular weight excluding hydrogens is 242 g/mol. The van der Waals surface area contributed by atoms with Gasteiger partial charge >= 0.3 is 0 Å². The van der Waals surface area contributed by atoms with Crippen molar-refractivity contribution in [1.29, 1.82) is 0 Å². The van der Waals surface area contributed by atoms with Crippen LogP contribution in [0.25, 0.3) is 0 Å². The molecule has 0 amide bonds. The van der Waals surface area contributed by atoms with Crippen molar-refractivity contribution in [3.8, 4) is 5.75 Å². The lowest BCUT2D eigenvalue weighted by atomic mass is 10.0. The van der Waals surface area contributed by atoms with E-state index in [2.05, 4.69) is 27.5 Å². The van der Waals surface area contributed by atoms with Gasteiger partial charge in [-0.05, 0) is 19.0 Å². The van der Waals surface area contributed by atoms with Crippen LogP contribution in [0.2, 0.25) is 0 Å². The fourth-order valence-electron chi connectivity index (χ4n) is 2.02. The maximum Gasteiger partial charge on any atom is 0.142 e. The summed E-state index contributed by atoms with van der Waals surface area (Å²) < 4.78 is 7.16. The van der Waals surface area contributed by atoms with Crippen LogP contribution >= 0.6 is 0 Å². The Morgan fingerprint density at radius 3 is 2.89 bits per heavy atom. The molecule has 0 aliphatic rings. The first-order chi connectivity index (χ1) is 9.27. The van der Waals surface area contributed by atoms with Crippen molar-refractivity contribution < 1.29 is 4.74 Å². The Hall–Kier alpha value is -1.95. The second kappa shape index (κ2) is 6.29. The van der Waals surface area contributed by atoms with E-state index < -0.39 is 0 Å². The second-order valence-electron chi connectivity index (χ2n) is 4.29. The Morgan fingerprint density at radius 1 is 1.42 bits per heavy atom. The van der Waals surface area contributed by atoms with Crippen LogP contribution in [0.3, 0.4) is 0 Å². The maximum absolute atomic E-state index is 5.39. The number of nitrogens with one attached hydrogen (secondary N) is 1. The minimum Gasteiger partial charge on any atom is -0.495 e. The van der Waals surface area contributed by atoms with Crippen molar-refractivity contribution in [1.82, 2.24) is 25.3 Å². The summed E-state index contributed by atoms with van der Waals surface area (Å²) in [4.78, 5) is 4.09. The third-order valence-corrected chi connectivity index (χ3v) is 2.99. The summed E-state index contributed by atoms with van der Waals surface area (Å²) in [5, 5.41) is 11.4. The van der Waals surface area contributed by atoms with Crippen LogP contribution in [0.15, 0.2) is 24.7 Å². The van der Waals surface area contributed by atoms with Crippen LogP contribution in [0.1, 0.15) is 30.6 Å². The standard InChI is InChI=1S/C13H19N5O/c1-4-6-15-13(11-8-16-17-18(11)2)10-5-7-14-9-12(10)19-3/h5,7-9,13,15H,4,6H2,1-3H3. The molecule has 0 bridgehead atoms. The van der Waals surface area contributed by atoms with E-state index in [9.17, 15) is 0 Å². The lowest BCUT2D eigenvalue weighted by Gasteiger charge is -2.20. The normalized spacial score (nSPS) is 12.4. The Kier molecular flexibility index (Phi) is 4.46. The first-order valence-electron chi connectivity index (χ1n) is 6.33. The molecule has 102 valence electrons. The molecule has 6 heteroatoms. The first kappa shape index (κ1) is 13.5. The summed E-state index contributed by atoms with van der Waals surface area (Å²) in [6, 6.07) is 1.96. The molecule has 19 heavy (non-hydrogen) atoms. The predicted molar refractivity (Wildman–Crippen MR) is 71.9 cm³/mol. The Balaban J connectivity index is 2.40.